The number of nitrogens with zero attached hydrogens (tertiary/aromatic N) is 1. The lowest BCUT2D eigenvalue weighted by Gasteiger charge is -2.00. The molecule has 0 heterocycles. The van der Waals surface area contributed by atoms with E-state index in [2.05, 4.69) is 0 Å². The number of non-ortho nitro benzene ring substituents is 1. The van der Waals surface area contributed by atoms with E-state index in [1.54, 1.807) is 0 Å². The van der Waals surface area contributed by atoms with Gasteiger partial charge in [-0.3, -0.25) is 10.1 Å². The number of carboxylic acid groups (broad SMARTS) is 1. The van der Waals surface area contributed by atoms with Crippen LogP contribution >= 0.6 is 0 Å². The molecule has 0 spiro atoms. The summed E-state index contributed by atoms with van der Waals surface area (Å²) in [5, 5.41) is 29.5. The Hall–Kier alpha value is -1.95. The first-order valence-corrected chi connectivity index (χ1v) is 3.65. The molecule has 1 aromatic carbocycles. The van der Waals surface area contributed by atoms with Gasteiger partial charge < -0.3 is 5.11 Å². The van der Waals surface area contributed by atoms with Gasteiger partial charge in [0.1, 0.15) is 6.61 Å². The van der Waals surface area contributed by atoms with Gasteiger partial charge >= 0.3 is 5.97 Å². The molecule has 0 amide bonds. The molecule has 0 bridgehead atoms. The molecule has 0 fully saturated rings. The molecule has 0 saturated carbocycles. The monoisotopic (exact) mass is 196 g/mol. The van der Waals surface area contributed by atoms with Gasteiger partial charge in [0.05, 0.1) is 10.5 Å². The fourth-order valence-electron chi connectivity index (χ4n) is 1.00. The van der Waals surface area contributed by atoms with Crippen LogP contribution in [0.15, 0.2) is 18.2 Å². The molecule has 1 N–H and O–H groups in total. The van der Waals surface area contributed by atoms with Crippen LogP contribution in [0, 0.1) is 10.1 Å². The van der Waals surface area contributed by atoms with Crippen molar-refractivity contribution in [2.24, 2.45) is 0 Å². The maximum atomic E-state index is 10.6. The van der Waals surface area contributed by atoms with Crippen molar-refractivity contribution in [2.75, 3.05) is 0 Å². The summed E-state index contributed by atoms with van der Waals surface area (Å²) in [4.78, 5) is 20.2. The molecule has 0 saturated heterocycles. The zero-order chi connectivity index (χ0) is 10.7. The molecule has 0 atom stereocenters. The number of aromatic carboxylic acids is 1. The van der Waals surface area contributed by atoms with Crippen molar-refractivity contribution >= 4 is 11.7 Å². The van der Waals surface area contributed by atoms with Gasteiger partial charge in [-0.15, -0.1) is 0 Å². The van der Waals surface area contributed by atoms with Crippen LogP contribution in [0.5, 0.6) is 0 Å². The van der Waals surface area contributed by atoms with E-state index >= 15 is 0 Å². The van der Waals surface area contributed by atoms with Crippen LogP contribution in [0.4, 0.5) is 5.69 Å². The van der Waals surface area contributed by atoms with Crippen LogP contribution in [0.1, 0.15) is 15.9 Å². The van der Waals surface area contributed by atoms with E-state index in [-0.39, 0.29) is 16.8 Å². The third-order valence-electron chi connectivity index (χ3n) is 1.69. The lowest BCUT2D eigenvalue weighted by molar-refractivity contribution is -0.384. The Morgan fingerprint density at radius 2 is 2.14 bits per heavy atom. The number of hydrogen-bond acceptors (Lipinski definition) is 3. The van der Waals surface area contributed by atoms with Crippen LogP contribution in [0.2, 0.25) is 0 Å². The highest BCUT2D eigenvalue weighted by Gasteiger charge is 2.15. The second-order valence-electron chi connectivity index (χ2n) is 2.55. The summed E-state index contributed by atoms with van der Waals surface area (Å²) in [7, 11) is 0. The Morgan fingerprint density at radius 3 is 2.57 bits per heavy atom. The highest BCUT2D eigenvalue weighted by atomic mass is 16.6. The van der Waals surface area contributed by atoms with E-state index in [0.29, 0.717) is 0 Å². The summed E-state index contributed by atoms with van der Waals surface area (Å²) in [5.74, 6) is -1.33. The fourth-order valence-corrected chi connectivity index (χ4v) is 1.00. The average molecular weight is 196 g/mol. The predicted molar refractivity (Wildman–Crippen MR) is 44.4 cm³/mol. The third-order valence-corrected chi connectivity index (χ3v) is 1.69. The highest BCUT2D eigenvalue weighted by Crippen LogP contribution is 2.17. The van der Waals surface area contributed by atoms with Crippen molar-refractivity contribution in [3.8, 4) is 0 Å². The molecule has 0 aliphatic heterocycles. The first-order chi connectivity index (χ1) is 6.56. The van der Waals surface area contributed by atoms with E-state index in [1.807, 2.05) is 0 Å². The molecule has 0 aliphatic rings. The quantitative estimate of drug-likeness (QED) is 0.580. The molecule has 1 aromatic rings. The first kappa shape index (κ1) is 10.1. The normalized spacial score (nSPS) is 9.79. The molecular weight excluding hydrogens is 190 g/mol. The first-order valence-electron chi connectivity index (χ1n) is 3.65. The summed E-state index contributed by atoms with van der Waals surface area (Å²) in [6.45, 7) is -0.709. The minimum Gasteiger partial charge on any atom is -0.478 e. The molecule has 1 radical (unpaired) electrons. The van der Waals surface area contributed by atoms with E-state index in [1.165, 1.54) is 0 Å². The maximum Gasteiger partial charge on any atom is 0.336 e. The third kappa shape index (κ3) is 1.86. The predicted octanol–water partition coefficient (Wildman–Crippen LogP) is 1.22. The Balaban J connectivity index is 3.27. The van der Waals surface area contributed by atoms with Gasteiger partial charge in [-0.25, -0.2) is 9.90 Å². The molecule has 0 aromatic heterocycles. The minimum atomic E-state index is -1.33. The number of nitro benzene ring substituents is 1. The topological polar surface area (TPSA) is 100 Å². The summed E-state index contributed by atoms with van der Waals surface area (Å²) in [6, 6.07) is 3.16. The molecule has 6 heteroatoms. The van der Waals surface area contributed by atoms with Crippen molar-refractivity contribution in [3.05, 3.63) is 39.4 Å². The number of rotatable bonds is 3. The van der Waals surface area contributed by atoms with Crippen LogP contribution in [-0.2, 0) is 11.7 Å². The van der Waals surface area contributed by atoms with Crippen LogP contribution in [0.3, 0.4) is 0 Å². The van der Waals surface area contributed by atoms with Gasteiger partial charge in [0.25, 0.3) is 5.69 Å². The number of hydrogen-bond donors (Lipinski definition) is 1. The Morgan fingerprint density at radius 1 is 1.50 bits per heavy atom. The largest absolute Gasteiger partial charge is 0.478 e. The molecule has 73 valence electrons. The second-order valence-corrected chi connectivity index (χ2v) is 2.55. The van der Waals surface area contributed by atoms with Gasteiger partial charge in [0, 0.05) is 12.1 Å². The van der Waals surface area contributed by atoms with Gasteiger partial charge in [-0.1, -0.05) is 0 Å². The van der Waals surface area contributed by atoms with E-state index in [4.69, 9.17) is 5.11 Å². The van der Waals surface area contributed by atoms with Crippen LogP contribution < -0.4 is 0 Å². The number of carbonyl (C=O) groups is 1. The van der Waals surface area contributed by atoms with Crippen LogP contribution in [0.25, 0.3) is 0 Å². The minimum absolute atomic E-state index is 0.0445. The van der Waals surface area contributed by atoms with Crippen molar-refractivity contribution in [2.45, 2.75) is 6.61 Å². The van der Waals surface area contributed by atoms with E-state index < -0.39 is 17.5 Å². The van der Waals surface area contributed by atoms with Gasteiger partial charge in [-0.2, -0.15) is 0 Å². The van der Waals surface area contributed by atoms with Crippen LogP contribution in [-0.4, -0.2) is 16.0 Å². The maximum absolute atomic E-state index is 10.6. The molecule has 6 nitrogen and oxygen atoms in total. The Labute approximate surface area is 78.6 Å². The highest BCUT2D eigenvalue weighted by molar-refractivity contribution is 5.90. The second kappa shape index (κ2) is 3.84. The smallest absolute Gasteiger partial charge is 0.336 e. The lowest BCUT2D eigenvalue weighted by Crippen LogP contribution is -2.03. The molecule has 1 rings (SSSR count). The standard InChI is InChI=1S/C8H6NO5/c10-4-5-1-2-6(9(13)14)3-7(5)8(11)12/h1-3H,4H2,(H,11,12). The number of benzene rings is 1. The average Bonchev–Trinajstić information content (AvgIpc) is 2.16. The van der Waals surface area contributed by atoms with Crippen molar-refractivity contribution in [1.82, 2.24) is 0 Å². The van der Waals surface area contributed by atoms with Gasteiger partial charge in [0.2, 0.25) is 0 Å². The molecular formula is C8H6NO5. The van der Waals surface area contributed by atoms with Crippen molar-refractivity contribution in [1.29, 1.82) is 0 Å². The molecule has 0 aliphatic carbocycles. The Bertz CT molecular complexity index is 387. The summed E-state index contributed by atoms with van der Waals surface area (Å²) in [6.07, 6.45) is 0. The molecule has 14 heavy (non-hydrogen) atoms. The zero-order valence-corrected chi connectivity index (χ0v) is 6.97. The van der Waals surface area contributed by atoms with Gasteiger partial charge in [-0.05, 0) is 11.6 Å². The fraction of sp³-hybridized carbons (Fsp3) is 0.125. The SMILES string of the molecule is [O]Cc1ccc([N+](=O)[O-])cc1C(=O)O. The Kier molecular flexibility index (Phi) is 2.78. The van der Waals surface area contributed by atoms with E-state index in [9.17, 15) is 20.0 Å². The lowest BCUT2D eigenvalue weighted by atomic mass is 10.1. The van der Waals surface area contributed by atoms with Crippen molar-refractivity contribution in [3.63, 3.8) is 0 Å². The van der Waals surface area contributed by atoms with Gasteiger partial charge in [0.15, 0.2) is 0 Å². The zero-order valence-electron chi connectivity index (χ0n) is 6.97. The molecule has 0 unspecified atom stereocenters. The summed E-state index contributed by atoms with van der Waals surface area (Å²) >= 11 is 0. The van der Waals surface area contributed by atoms with E-state index in [0.717, 1.165) is 18.2 Å². The van der Waals surface area contributed by atoms with Crippen molar-refractivity contribution < 1.29 is 19.9 Å². The summed E-state index contributed by atoms with van der Waals surface area (Å²) in [5.41, 5.74) is -0.600. The number of nitro groups is 1. The number of carboxylic acids is 1. The summed E-state index contributed by atoms with van der Waals surface area (Å²) < 4.78 is 0.